The highest BCUT2D eigenvalue weighted by Gasteiger charge is 2.21. The van der Waals surface area contributed by atoms with Gasteiger partial charge in [-0.3, -0.25) is 15.0 Å². The number of benzene rings is 1. The van der Waals surface area contributed by atoms with Gasteiger partial charge in [-0.15, -0.1) is 0 Å². The molecule has 0 N–H and O–H groups in total. The molecule has 1 atom stereocenters. The van der Waals surface area contributed by atoms with Crippen molar-refractivity contribution in [3.05, 3.63) is 33.9 Å². The number of ether oxygens (including phenoxy) is 1. The third kappa shape index (κ3) is 3.39. The van der Waals surface area contributed by atoms with Crippen molar-refractivity contribution in [1.29, 1.82) is 0 Å². The maximum absolute atomic E-state index is 11.0. The monoisotopic (exact) mass is 282 g/mol. The normalized spacial score (nSPS) is 18.8. The summed E-state index contributed by atoms with van der Waals surface area (Å²) in [6.07, 6.45) is 1.19. The van der Waals surface area contributed by atoms with Crippen LogP contribution in [0.15, 0.2) is 18.2 Å². The summed E-state index contributed by atoms with van der Waals surface area (Å²) in [4.78, 5) is 12.9. The summed E-state index contributed by atoms with van der Waals surface area (Å²) in [5, 5.41) is 11.0. The van der Waals surface area contributed by atoms with E-state index in [0.717, 1.165) is 17.9 Å². The van der Waals surface area contributed by atoms with E-state index in [2.05, 4.69) is 11.9 Å². The van der Waals surface area contributed by atoms with Crippen LogP contribution < -0.4 is 4.74 Å². The van der Waals surface area contributed by atoms with Gasteiger partial charge in [-0.1, -0.05) is 6.07 Å². The van der Waals surface area contributed by atoms with Crippen LogP contribution in [0.25, 0.3) is 0 Å². The fourth-order valence-electron chi connectivity index (χ4n) is 2.26. The fraction of sp³-hybridized carbons (Fsp3) is 0.538. The quantitative estimate of drug-likeness (QED) is 0.613. The highest BCUT2D eigenvalue weighted by molar-refractivity contribution is 7.99. The van der Waals surface area contributed by atoms with E-state index in [4.69, 9.17) is 4.74 Å². The summed E-state index contributed by atoms with van der Waals surface area (Å²) < 4.78 is 5.01. The van der Waals surface area contributed by atoms with Crippen molar-refractivity contribution in [2.45, 2.75) is 19.0 Å². The lowest BCUT2D eigenvalue weighted by Crippen LogP contribution is -2.30. The molecule has 0 aromatic heterocycles. The van der Waals surface area contributed by atoms with Crippen LogP contribution in [0.2, 0.25) is 0 Å². The van der Waals surface area contributed by atoms with Gasteiger partial charge in [0.2, 0.25) is 0 Å². The number of methoxy groups -OCH3 is 1. The molecule has 1 aromatic carbocycles. The van der Waals surface area contributed by atoms with E-state index >= 15 is 0 Å². The smallest absolute Gasteiger partial charge is 0.311 e. The molecular formula is C13H18N2O3S. The van der Waals surface area contributed by atoms with E-state index in [0.29, 0.717) is 11.8 Å². The Morgan fingerprint density at radius 3 is 2.95 bits per heavy atom. The molecule has 104 valence electrons. The van der Waals surface area contributed by atoms with Gasteiger partial charge in [0, 0.05) is 24.4 Å². The Morgan fingerprint density at radius 2 is 2.37 bits per heavy atom. The number of rotatable bonds is 5. The predicted molar refractivity (Wildman–Crippen MR) is 76.8 cm³/mol. The molecule has 0 amide bonds. The van der Waals surface area contributed by atoms with Gasteiger partial charge in [-0.25, -0.2) is 0 Å². The zero-order valence-electron chi connectivity index (χ0n) is 11.2. The molecule has 0 spiro atoms. The van der Waals surface area contributed by atoms with Gasteiger partial charge in [0.05, 0.1) is 12.0 Å². The van der Waals surface area contributed by atoms with Crippen LogP contribution in [0.1, 0.15) is 12.0 Å². The molecule has 1 aliphatic rings. The zero-order valence-corrected chi connectivity index (χ0v) is 12.0. The first kappa shape index (κ1) is 14.1. The van der Waals surface area contributed by atoms with Crippen molar-refractivity contribution >= 4 is 17.4 Å². The molecule has 1 fully saturated rings. The van der Waals surface area contributed by atoms with Gasteiger partial charge >= 0.3 is 5.69 Å². The maximum Gasteiger partial charge on any atom is 0.311 e. The standard InChI is InChI=1S/C13H18N2O3S/c1-14(11-5-6-19-9-11)8-10-3-4-13(18-2)12(7-10)15(16)17/h3-4,7,11H,5-6,8-9H2,1-2H3/t11-/m0/s1. The predicted octanol–water partition coefficient (Wildman–Crippen LogP) is 2.54. The Morgan fingerprint density at radius 1 is 1.58 bits per heavy atom. The first-order chi connectivity index (χ1) is 9.11. The van der Waals surface area contributed by atoms with Crippen LogP contribution in [-0.2, 0) is 6.54 Å². The Bertz CT molecular complexity index is 461. The topological polar surface area (TPSA) is 55.6 Å². The van der Waals surface area contributed by atoms with Crippen LogP contribution in [0, 0.1) is 10.1 Å². The van der Waals surface area contributed by atoms with Crippen LogP contribution in [0.5, 0.6) is 5.75 Å². The third-order valence-electron chi connectivity index (χ3n) is 3.40. The molecular weight excluding hydrogens is 264 g/mol. The first-order valence-electron chi connectivity index (χ1n) is 6.21. The average Bonchev–Trinajstić information content (AvgIpc) is 2.92. The van der Waals surface area contributed by atoms with Gasteiger partial charge < -0.3 is 4.74 Å². The van der Waals surface area contributed by atoms with Gasteiger partial charge in [0.1, 0.15) is 0 Å². The molecule has 0 saturated carbocycles. The van der Waals surface area contributed by atoms with Gasteiger partial charge in [-0.2, -0.15) is 11.8 Å². The summed E-state index contributed by atoms with van der Waals surface area (Å²) in [5.74, 6) is 2.67. The summed E-state index contributed by atoms with van der Waals surface area (Å²) in [5.41, 5.74) is 0.987. The second kappa shape index (κ2) is 6.25. The average molecular weight is 282 g/mol. The molecule has 0 radical (unpaired) electrons. The van der Waals surface area contributed by atoms with Crippen LogP contribution in [0.4, 0.5) is 5.69 Å². The molecule has 6 heteroatoms. The van der Waals surface area contributed by atoms with Crippen LogP contribution in [0.3, 0.4) is 0 Å². The second-order valence-corrected chi connectivity index (χ2v) is 5.85. The van der Waals surface area contributed by atoms with Gasteiger partial charge in [0.15, 0.2) is 5.75 Å². The highest BCUT2D eigenvalue weighted by atomic mass is 32.2. The van der Waals surface area contributed by atoms with Gasteiger partial charge in [0.25, 0.3) is 0 Å². The van der Waals surface area contributed by atoms with E-state index < -0.39 is 4.92 Å². The number of hydrogen-bond acceptors (Lipinski definition) is 5. The molecule has 5 nitrogen and oxygen atoms in total. The van der Waals surface area contributed by atoms with Crippen molar-refractivity contribution in [1.82, 2.24) is 4.90 Å². The Hall–Kier alpha value is -1.27. The zero-order chi connectivity index (χ0) is 13.8. The van der Waals surface area contributed by atoms with E-state index in [-0.39, 0.29) is 5.69 Å². The summed E-state index contributed by atoms with van der Waals surface area (Å²) in [7, 11) is 3.52. The van der Waals surface area contributed by atoms with Crippen molar-refractivity contribution in [3.8, 4) is 5.75 Å². The Labute approximate surface area is 117 Å². The Kier molecular flexibility index (Phi) is 4.66. The van der Waals surface area contributed by atoms with Crippen molar-refractivity contribution in [2.75, 3.05) is 25.7 Å². The van der Waals surface area contributed by atoms with E-state index in [1.54, 1.807) is 12.1 Å². The first-order valence-corrected chi connectivity index (χ1v) is 7.36. The molecule has 0 bridgehead atoms. The molecule has 2 rings (SSSR count). The van der Waals surface area contributed by atoms with Crippen molar-refractivity contribution < 1.29 is 9.66 Å². The lowest BCUT2D eigenvalue weighted by molar-refractivity contribution is -0.385. The SMILES string of the molecule is COc1ccc(CN(C)[C@H]2CCSC2)cc1[N+](=O)[O-]. The minimum Gasteiger partial charge on any atom is -0.490 e. The summed E-state index contributed by atoms with van der Waals surface area (Å²) >= 11 is 1.97. The third-order valence-corrected chi connectivity index (χ3v) is 4.55. The van der Waals surface area contributed by atoms with Gasteiger partial charge in [-0.05, 0) is 30.9 Å². The van der Waals surface area contributed by atoms with E-state index in [1.807, 2.05) is 17.8 Å². The number of hydrogen-bond donors (Lipinski definition) is 0. The molecule has 0 aliphatic carbocycles. The van der Waals surface area contributed by atoms with E-state index in [1.165, 1.54) is 19.3 Å². The number of nitrogens with zero attached hydrogens (tertiary/aromatic N) is 2. The largest absolute Gasteiger partial charge is 0.490 e. The molecule has 1 saturated heterocycles. The minimum atomic E-state index is -0.395. The Balaban J connectivity index is 2.11. The summed E-state index contributed by atoms with van der Waals surface area (Å²) in [6, 6.07) is 5.75. The molecule has 1 aliphatic heterocycles. The lowest BCUT2D eigenvalue weighted by atomic mass is 10.1. The fourth-order valence-corrected chi connectivity index (χ4v) is 3.56. The molecule has 19 heavy (non-hydrogen) atoms. The molecule has 1 aromatic rings. The number of nitro benzene ring substituents is 1. The van der Waals surface area contributed by atoms with Crippen LogP contribution >= 0.6 is 11.8 Å². The van der Waals surface area contributed by atoms with Crippen LogP contribution in [-0.4, -0.2) is 41.5 Å². The maximum atomic E-state index is 11.0. The molecule has 0 unspecified atom stereocenters. The number of thioether (sulfide) groups is 1. The summed E-state index contributed by atoms with van der Waals surface area (Å²) in [6.45, 7) is 0.732. The molecule has 1 heterocycles. The highest BCUT2D eigenvalue weighted by Crippen LogP contribution is 2.29. The van der Waals surface area contributed by atoms with Crippen molar-refractivity contribution in [3.63, 3.8) is 0 Å². The lowest BCUT2D eigenvalue weighted by Gasteiger charge is -2.23. The van der Waals surface area contributed by atoms with Crippen molar-refractivity contribution in [2.24, 2.45) is 0 Å². The minimum absolute atomic E-state index is 0.0363. The second-order valence-electron chi connectivity index (χ2n) is 4.70. The number of nitro groups is 1. The van der Waals surface area contributed by atoms with E-state index in [9.17, 15) is 10.1 Å².